The lowest BCUT2D eigenvalue weighted by Crippen LogP contribution is -2.30. The molecular formula is C17H24N2O. The standard InChI is InChI=1S/C17H24N2O/c1-17(2)10-6-9-16(17)19-14-7-5-8-15(13-14)20-12-4-3-11-18/h5,7-8,13,16,19H,3-4,6,9-10,12H2,1-2H3. The molecule has 3 heteroatoms. The van der Waals surface area contributed by atoms with Crippen molar-refractivity contribution in [1.82, 2.24) is 0 Å². The monoisotopic (exact) mass is 272 g/mol. The van der Waals surface area contributed by atoms with Crippen LogP contribution in [-0.2, 0) is 0 Å². The van der Waals surface area contributed by atoms with E-state index in [-0.39, 0.29) is 0 Å². The van der Waals surface area contributed by atoms with E-state index in [1.807, 2.05) is 12.1 Å². The van der Waals surface area contributed by atoms with E-state index in [2.05, 4.69) is 37.4 Å². The number of nitrogens with zero attached hydrogens (tertiary/aromatic N) is 1. The molecule has 0 aromatic heterocycles. The molecule has 1 N–H and O–H groups in total. The van der Waals surface area contributed by atoms with Gasteiger partial charge in [-0.1, -0.05) is 26.3 Å². The van der Waals surface area contributed by atoms with Crippen LogP contribution in [0.3, 0.4) is 0 Å². The van der Waals surface area contributed by atoms with Crippen LogP contribution in [0.1, 0.15) is 46.0 Å². The number of hydrogen-bond acceptors (Lipinski definition) is 3. The fourth-order valence-electron chi connectivity index (χ4n) is 2.81. The fourth-order valence-corrected chi connectivity index (χ4v) is 2.81. The highest BCUT2D eigenvalue weighted by Gasteiger charge is 2.34. The van der Waals surface area contributed by atoms with Crippen LogP contribution < -0.4 is 10.1 Å². The van der Waals surface area contributed by atoms with Crippen molar-refractivity contribution in [2.24, 2.45) is 5.41 Å². The highest BCUT2D eigenvalue weighted by atomic mass is 16.5. The highest BCUT2D eigenvalue weighted by Crippen LogP contribution is 2.39. The number of anilines is 1. The minimum absolute atomic E-state index is 0.365. The molecule has 0 radical (unpaired) electrons. The van der Waals surface area contributed by atoms with Crippen molar-refractivity contribution in [2.45, 2.75) is 52.0 Å². The van der Waals surface area contributed by atoms with Crippen LogP contribution >= 0.6 is 0 Å². The van der Waals surface area contributed by atoms with Crippen LogP contribution in [0, 0.1) is 16.7 Å². The number of unbranched alkanes of at least 4 members (excludes halogenated alkanes) is 1. The molecule has 2 rings (SSSR count). The second kappa shape index (κ2) is 6.65. The maximum atomic E-state index is 8.50. The molecule has 0 heterocycles. The number of benzene rings is 1. The first kappa shape index (κ1) is 14.7. The number of nitriles is 1. The first-order valence-electron chi connectivity index (χ1n) is 7.48. The van der Waals surface area contributed by atoms with Gasteiger partial charge in [-0.05, 0) is 36.8 Å². The third kappa shape index (κ3) is 3.90. The molecule has 0 bridgehead atoms. The molecular weight excluding hydrogens is 248 g/mol. The zero-order chi connectivity index (χ0) is 14.4. The van der Waals surface area contributed by atoms with Crippen LogP contribution in [0.4, 0.5) is 5.69 Å². The molecule has 20 heavy (non-hydrogen) atoms. The summed E-state index contributed by atoms with van der Waals surface area (Å²) in [7, 11) is 0. The Kier molecular flexibility index (Phi) is 4.89. The molecule has 0 spiro atoms. The van der Waals surface area contributed by atoms with Gasteiger partial charge >= 0.3 is 0 Å². The summed E-state index contributed by atoms with van der Waals surface area (Å²) in [6.07, 6.45) is 5.16. The molecule has 0 aliphatic heterocycles. The van der Waals surface area contributed by atoms with Gasteiger partial charge in [-0.2, -0.15) is 5.26 Å². The van der Waals surface area contributed by atoms with Crippen molar-refractivity contribution < 1.29 is 4.74 Å². The lowest BCUT2D eigenvalue weighted by Gasteiger charge is -2.28. The summed E-state index contributed by atoms with van der Waals surface area (Å²) in [5.41, 5.74) is 1.49. The van der Waals surface area contributed by atoms with E-state index in [4.69, 9.17) is 10.00 Å². The number of hydrogen-bond donors (Lipinski definition) is 1. The Hall–Kier alpha value is -1.69. The van der Waals surface area contributed by atoms with E-state index in [1.54, 1.807) is 0 Å². The van der Waals surface area contributed by atoms with Gasteiger partial charge in [-0.3, -0.25) is 0 Å². The third-order valence-corrected chi connectivity index (χ3v) is 4.13. The quantitative estimate of drug-likeness (QED) is 0.783. The zero-order valence-electron chi connectivity index (χ0n) is 12.5. The summed E-state index contributed by atoms with van der Waals surface area (Å²) in [4.78, 5) is 0. The largest absolute Gasteiger partial charge is 0.493 e. The van der Waals surface area contributed by atoms with Gasteiger partial charge in [-0.15, -0.1) is 0 Å². The van der Waals surface area contributed by atoms with E-state index < -0.39 is 0 Å². The van der Waals surface area contributed by atoms with E-state index >= 15 is 0 Å². The van der Waals surface area contributed by atoms with Gasteiger partial charge in [0.25, 0.3) is 0 Å². The minimum Gasteiger partial charge on any atom is -0.493 e. The van der Waals surface area contributed by atoms with Crippen molar-refractivity contribution >= 4 is 5.69 Å². The number of ether oxygens (including phenoxy) is 1. The number of nitrogens with one attached hydrogen (secondary N) is 1. The van der Waals surface area contributed by atoms with Crippen molar-refractivity contribution in [3.63, 3.8) is 0 Å². The first-order valence-corrected chi connectivity index (χ1v) is 7.48. The molecule has 1 aromatic carbocycles. The van der Waals surface area contributed by atoms with Gasteiger partial charge in [0.15, 0.2) is 0 Å². The van der Waals surface area contributed by atoms with Crippen LogP contribution in [0.2, 0.25) is 0 Å². The molecule has 1 fully saturated rings. The summed E-state index contributed by atoms with van der Waals surface area (Å²) in [5, 5.41) is 12.1. The molecule has 1 aliphatic carbocycles. The molecule has 1 aliphatic rings. The second-order valence-corrected chi connectivity index (χ2v) is 6.22. The molecule has 3 nitrogen and oxygen atoms in total. The van der Waals surface area contributed by atoms with Gasteiger partial charge in [0.1, 0.15) is 5.75 Å². The SMILES string of the molecule is CC1(C)CCCC1Nc1cccc(OCCCC#N)c1. The predicted octanol–water partition coefficient (Wildman–Crippen LogP) is 4.36. The Labute approximate surface area is 121 Å². The van der Waals surface area contributed by atoms with E-state index in [9.17, 15) is 0 Å². The van der Waals surface area contributed by atoms with Crippen LogP contribution in [0.15, 0.2) is 24.3 Å². The Morgan fingerprint density at radius 2 is 2.30 bits per heavy atom. The summed E-state index contributed by atoms with van der Waals surface area (Å²) < 4.78 is 5.67. The van der Waals surface area contributed by atoms with Crippen molar-refractivity contribution in [3.05, 3.63) is 24.3 Å². The molecule has 1 unspecified atom stereocenters. The Bertz CT molecular complexity index is 476. The van der Waals surface area contributed by atoms with Crippen molar-refractivity contribution in [1.29, 1.82) is 5.26 Å². The van der Waals surface area contributed by atoms with Gasteiger partial charge in [0, 0.05) is 24.2 Å². The molecule has 1 aromatic rings. The van der Waals surface area contributed by atoms with Crippen LogP contribution in [0.25, 0.3) is 0 Å². The van der Waals surface area contributed by atoms with E-state index in [0.717, 1.165) is 17.9 Å². The highest BCUT2D eigenvalue weighted by molar-refractivity contribution is 5.49. The van der Waals surface area contributed by atoms with Crippen molar-refractivity contribution in [2.75, 3.05) is 11.9 Å². The van der Waals surface area contributed by atoms with Gasteiger partial charge in [-0.25, -0.2) is 0 Å². The smallest absolute Gasteiger partial charge is 0.121 e. The second-order valence-electron chi connectivity index (χ2n) is 6.22. The normalized spacial score (nSPS) is 20.4. The molecule has 0 saturated heterocycles. The fraction of sp³-hybridized carbons (Fsp3) is 0.588. The third-order valence-electron chi connectivity index (χ3n) is 4.13. The predicted molar refractivity (Wildman–Crippen MR) is 81.8 cm³/mol. The molecule has 108 valence electrons. The van der Waals surface area contributed by atoms with E-state index in [0.29, 0.717) is 24.5 Å². The Morgan fingerprint density at radius 1 is 1.45 bits per heavy atom. The maximum Gasteiger partial charge on any atom is 0.121 e. The lowest BCUT2D eigenvalue weighted by molar-refractivity contribution is 0.312. The summed E-state index contributed by atoms with van der Waals surface area (Å²) >= 11 is 0. The zero-order valence-corrected chi connectivity index (χ0v) is 12.5. The molecule has 1 atom stereocenters. The summed E-state index contributed by atoms with van der Waals surface area (Å²) in [6, 6.07) is 10.8. The summed E-state index contributed by atoms with van der Waals surface area (Å²) in [6.45, 7) is 5.27. The average Bonchev–Trinajstić information content (AvgIpc) is 2.75. The van der Waals surface area contributed by atoms with Crippen molar-refractivity contribution in [3.8, 4) is 11.8 Å². The number of rotatable bonds is 6. The van der Waals surface area contributed by atoms with E-state index in [1.165, 1.54) is 19.3 Å². The van der Waals surface area contributed by atoms with Crippen LogP contribution in [0.5, 0.6) is 5.75 Å². The first-order chi connectivity index (χ1) is 9.62. The minimum atomic E-state index is 0.365. The van der Waals surface area contributed by atoms with Gasteiger partial charge in [0.2, 0.25) is 0 Å². The topological polar surface area (TPSA) is 45.0 Å². The maximum absolute atomic E-state index is 8.50. The molecule has 0 amide bonds. The van der Waals surface area contributed by atoms with Gasteiger partial charge in [0.05, 0.1) is 12.7 Å². The Morgan fingerprint density at radius 3 is 3.00 bits per heavy atom. The Balaban J connectivity index is 1.91. The molecule has 1 saturated carbocycles. The van der Waals surface area contributed by atoms with Gasteiger partial charge < -0.3 is 10.1 Å². The van der Waals surface area contributed by atoms with Crippen LogP contribution in [-0.4, -0.2) is 12.6 Å². The summed E-state index contributed by atoms with van der Waals surface area (Å²) in [5.74, 6) is 0.878. The average molecular weight is 272 g/mol. The lowest BCUT2D eigenvalue weighted by atomic mass is 9.87.